The first kappa shape index (κ1) is 18.1. The molecule has 0 aliphatic rings. The number of nitriles is 1. The van der Waals surface area contributed by atoms with Crippen molar-refractivity contribution in [3.63, 3.8) is 0 Å². The smallest absolute Gasteiger partial charge is 0.270 e. The van der Waals surface area contributed by atoms with Gasteiger partial charge in [0.2, 0.25) is 5.95 Å². The van der Waals surface area contributed by atoms with Crippen LogP contribution in [0.4, 0.5) is 11.6 Å². The lowest BCUT2D eigenvalue weighted by molar-refractivity contribution is 0.0945. The molecule has 3 aromatic rings. The van der Waals surface area contributed by atoms with E-state index in [9.17, 15) is 4.79 Å². The second-order valence-electron chi connectivity index (χ2n) is 6.20. The topological polar surface area (TPSA) is 90.7 Å². The lowest BCUT2D eigenvalue weighted by Crippen LogP contribution is -2.24. The van der Waals surface area contributed by atoms with Crippen LogP contribution in [0.2, 0.25) is 0 Å². The van der Waals surface area contributed by atoms with Crippen molar-refractivity contribution in [2.24, 2.45) is 0 Å². The van der Waals surface area contributed by atoms with Gasteiger partial charge in [0.05, 0.1) is 11.6 Å². The number of carbonyl (C=O) groups is 1. The lowest BCUT2D eigenvalue weighted by atomic mass is 10.1. The number of aryl methyl sites for hydroxylation is 2. The fraction of sp³-hybridized carbons (Fsp3) is 0.143. The zero-order valence-electron chi connectivity index (χ0n) is 15.2. The van der Waals surface area contributed by atoms with Gasteiger partial charge in [0, 0.05) is 17.9 Å². The molecular formula is C21H19N5O. The van der Waals surface area contributed by atoms with E-state index < -0.39 is 0 Å². The number of nitrogens with one attached hydrogen (secondary N) is 2. The maximum absolute atomic E-state index is 12.5. The average Bonchev–Trinajstić information content (AvgIpc) is 2.66. The Bertz CT molecular complexity index is 1010. The number of hydrogen-bond donors (Lipinski definition) is 2. The number of nitrogens with zero attached hydrogens (tertiary/aromatic N) is 3. The second-order valence-corrected chi connectivity index (χ2v) is 6.20. The van der Waals surface area contributed by atoms with Crippen LogP contribution in [0.15, 0.2) is 54.6 Å². The lowest BCUT2D eigenvalue weighted by Gasteiger charge is -2.09. The van der Waals surface area contributed by atoms with Crippen LogP contribution in [0.5, 0.6) is 0 Å². The molecule has 0 saturated heterocycles. The molecule has 1 aromatic heterocycles. The van der Waals surface area contributed by atoms with Gasteiger partial charge in [0.15, 0.2) is 0 Å². The Kier molecular flexibility index (Phi) is 5.43. The summed E-state index contributed by atoms with van der Waals surface area (Å²) in [5.74, 6) is 0.0743. The zero-order valence-corrected chi connectivity index (χ0v) is 15.2. The summed E-state index contributed by atoms with van der Waals surface area (Å²) in [6.07, 6.45) is 0. The number of amides is 1. The maximum atomic E-state index is 12.5. The molecule has 0 fully saturated rings. The first-order valence-electron chi connectivity index (χ1n) is 8.50. The Labute approximate surface area is 157 Å². The van der Waals surface area contributed by atoms with E-state index in [2.05, 4.69) is 26.7 Å². The Morgan fingerprint density at radius 1 is 1.07 bits per heavy atom. The summed E-state index contributed by atoms with van der Waals surface area (Å²) < 4.78 is 0. The summed E-state index contributed by atoms with van der Waals surface area (Å²) in [7, 11) is 0. The van der Waals surface area contributed by atoms with E-state index in [0.717, 1.165) is 16.8 Å². The molecule has 2 aromatic carbocycles. The van der Waals surface area contributed by atoms with Gasteiger partial charge in [-0.05, 0) is 49.7 Å². The van der Waals surface area contributed by atoms with Crippen molar-refractivity contribution >= 4 is 17.5 Å². The SMILES string of the molecule is Cc1cccc(CNC(=O)c2cc(C)nc(Nc3ccc(C#N)cc3)n2)c1. The Morgan fingerprint density at radius 3 is 2.56 bits per heavy atom. The highest BCUT2D eigenvalue weighted by Gasteiger charge is 2.11. The van der Waals surface area contributed by atoms with Gasteiger partial charge in [-0.3, -0.25) is 4.79 Å². The minimum absolute atomic E-state index is 0.259. The number of carbonyl (C=O) groups excluding carboxylic acids is 1. The molecule has 2 N–H and O–H groups in total. The molecule has 0 aliphatic heterocycles. The van der Waals surface area contributed by atoms with Gasteiger partial charge in [0.25, 0.3) is 5.91 Å². The number of benzene rings is 2. The van der Waals surface area contributed by atoms with E-state index in [1.54, 1.807) is 30.3 Å². The van der Waals surface area contributed by atoms with Gasteiger partial charge in [-0.2, -0.15) is 5.26 Å². The molecule has 0 bridgehead atoms. The minimum Gasteiger partial charge on any atom is -0.347 e. The summed E-state index contributed by atoms with van der Waals surface area (Å²) in [4.78, 5) is 21.1. The molecule has 0 saturated carbocycles. The third-order valence-corrected chi connectivity index (χ3v) is 3.89. The van der Waals surface area contributed by atoms with E-state index in [4.69, 9.17) is 5.26 Å². The Morgan fingerprint density at radius 2 is 1.85 bits per heavy atom. The largest absolute Gasteiger partial charge is 0.347 e. The molecule has 0 spiro atoms. The highest BCUT2D eigenvalue weighted by Crippen LogP contribution is 2.15. The van der Waals surface area contributed by atoms with Crippen LogP contribution < -0.4 is 10.6 Å². The minimum atomic E-state index is -0.259. The fourth-order valence-electron chi connectivity index (χ4n) is 2.59. The molecule has 0 aliphatic carbocycles. The summed E-state index contributed by atoms with van der Waals surface area (Å²) in [5.41, 5.74) is 4.47. The van der Waals surface area contributed by atoms with Crippen LogP contribution in [0.25, 0.3) is 0 Å². The Balaban J connectivity index is 1.71. The third kappa shape index (κ3) is 4.89. The van der Waals surface area contributed by atoms with Crippen LogP contribution in [-0.4, -0.2) is 15.9 Å². The molecule has 3 rings (SSSR count). The van der Waals surface area contributed by atoms with E-state index in [1.165, 1.54) is 0 Å². The van der Waals surface area contributed by atoms with Crippen molar-refractivity contribution in [2.75, 3.05) is 5.32 Å². The van der Waals surface area contributed by atoms with Crippen LogP contribution in [-0.2, 0) is 6.54 Å². The molecule has 0 atom stereocenters. The molecule has 0 unspecified atom stereocenters. The number of aromatic nitrogens is 2. The molecule has 1 amide bonds. The van der Waals surface area contributed by atoms with Crippen molar-refractivity contribution in [3.8, 4) is 6.07 Å². The van der Waals surface area contributed by atoms with Gasteiger partial charge in [-0.1, -0.05) is 29.8 Å². The van der Waals surface area contributed by atoms with Crippen LogP contribution in [0.3, 0.4) is 0 Å². The standard InChI is InChI=1S/C21H19N5O/c1-14-4-3-5-17(10-14)13-23-20(27)19-11-15(2)24-21(26-19)25-18-8-6-16(12-22)7-9-18/h3-11H,13H2,1-2H3,(H,23,27)(H,24,25,26). The quantitative estimate of drug-likeness (QED) is 0.727. The predicted octanol–water partition coefficient (Wildman–Crippen LogP) is 3.64. The predicted molar refractivity (Wildman–Crippen MR) is 104 cm³/mol. The highest BCUT2D eigenvalue weighted by molar-refractivity contribution is 5.92. The summed E-state index contributed by atoms with van der Waals surface area (Å²) in [5, 5.41) is 14.8. The molecule has 0 radical (unpaired) electrons. The van der Waals surface area contributed by atoms with E-state index in [1.807, 2.05) is 38.1 Å². The second kappa shape index (κ2) is 8.11. The normalized spacial score (nSPS) is 10.1. The number of hydrogen-bond acceptors (Lipinski definition) is 5. The first-order valence-corrected chi connectivity index (χ1v) is 8.50. The van der Waals surface area contributed by atoms with Crippen molar-refractivity contribution < 1.29 is 4.79 Å². The fourth-order valence-corrected chi connectivity index (χ4v) is 2.59. The van der Waals surface area contributed by atoms with Crippen LogP contribution in [0, 0.1) is 25.2 Å². The van der Waals surface area contributed by atoms with Crippen molar-refractivity contribution in [2.45, 2.75) is 20.4 Å². The third-order valence-electron chi connectivity index (χ3n) is 3.89. The number of rotatable bonds is 5. The van der Waals surface area contributed by atoms with Gasteiger partial charge >= 0.3 is 0 Å². The van der Waals surface area contributed by atoms with Gasteiger partial charge < -0.3 is 10.6 Å². The van der Waals surface area contributed by atoms with E-state index >= 15 is 0 Å². The molecular weight excluding hydrogens is 338 g/mol. The van der Waals surface area contributed by atoms with Gasteiger partial charge in [-0.15, -0.1) is 0 Å². The van der Waals surface area contributed by atoms with Crippen LogP contribution >= 0.6 is 0 Å². The molecule has 6 nitrogen and oxygen atoms in total. The van der Waals surface area contributed by atoms with Gasteiger partial charge in [-0.25, -0.2) is 9.97 Å². The van der Waals surface area contributed by atoms with E-state index in [-0.39, 0.29) is 5.91 Å². The van der Waals surface area contributed by atoms with Crippen molar-refractivity contribution in [3.05, 3.63) is 82.7 Å². The van der Waals surface area contributed by atoms with Crippen molar-refractivity contribution in [1.82, 2.24) is 15.3 Å². The maximum Gasteiger partial charge on any atom is 0.270 e. The van der Waals surface area contributed by atoms with Gasteiger partial charge in [0.1, 0.15) is 5.69 Å². The Hall–Kier alpha value is -3.72. The monoisotopic (exact) mass is 357 g/mol. The van der Waals surface area contributed by atoms with E-state index in [0.29, 0.717) is 29.4 Å². The average molecular weight is 357 g/mol. The van der Waals surface area contributed by atoms with Crippen LogP contribution in [0.1, 0.15) is 32.9 Å². The molecule has 1 heterocycles. The first-order chi connectivity index (χ1) is 13.0. The van der Waals surface area contributed by atoms with Crippen molar-refractivity contribution in [1.29, 1.82) is 5.26 Å². The highest BCUT2D eigenvalue weighted by atomic mass is 16.1. The molecule has 134 valence electrons. The zero-order chi connectivity index (χ0) is 19.2. The molecule has 6 heteroatoms. The molecule has 27 heavy (non-hydrogen) atoms. The number of anilines is 2. The summed E-state index contributed by atoms with van der Waals surface area (Å²) >= 11 is 0. The summed E-state index contributed by atoms with van der Waals surface area (Å²) in [6, 6.07) is 18.6. The summed E-state index contributed by atoms with van der Waals surface area (Å²) in [6.45, 7) is 4.26.